The predicted molar refractivity (Wildman–Crippen MR) is 116 cm³/mol. The highest BCUT2D eigenvalue weighted by atomic mass is 35.5. The quantitative estimate of drug-likeness (QED) is 0.816. The number of hydrogen-bond donors (Lipinski definition) is 1. The molecule has 1 atom stereocenters. The Morgan fingerprint density at radius 1 is 1.07 bits per heavy atom. The van der Waals surface area contributed by atoms with E-state index in [1.165, 1.54) is 5.56 Å². The van der Waals surface area contributed by atoms with Gasteiger partial charge in [-0.05, 0) is 18.7 Å². The third-order valence-electron chi connectivity index (χ3n) is 5.48. The minimum absolute atomic E-state index is 0. The molecule has 0 spiro atoms. The summed E-state index contributed by atoms with van der Waals surface area (Å²) in [5.74, 6) is 0.842. The number of piperazine rings is 2. The van der Waals surface area contributed by atoms with Gasteiger partial charge in [-0.25, -0.2) is 9.97 Å². The zero-order valence-corrected chi connectivity index (χ0v) is 17.8. The van der Waals surface area contributed by atoms with Crippen molar-refractivity contribution in [1.29, 1.82) is 0 Å². The molecule has 0 amide bonds. The Balaban J connectivity index is 0.00000225. The summed E-state index contributed by atoms with van der Waals surface area (Å²) in [6, 6.07) is 8.40. The lowest BCUT2D eigenvalue weighted by Gasteiger charge is -2.37. The maximum Gasteiger partial charge on any atom is 0.225 e. The first kappa shape index (κ1) is 21.3. The van der Waals surface area contributed by atoms with E-state index in [0.29, 0.717) is 0 Å². The molecule has 2 aliphatic rings. The van der Waals surface area contributed by atoms with Crippen LogP contribution >= 0.6 is 24.0 Å². The molecule has 0 aliphatic carbocycles. The van der Waals surface area contributed by atoms with Crippen molar-refractivity contribution in [1.82, 2.24) is 25.1 Å². The van der Waals surface area contributed by atoms with Crippen LogP contribution in [0.1, 0.15) is 17.2 Å². The van der Waals surface area contributed by atoms with Gasteiger partial charge in [0.1, 0.15) is 0 Å². The van der Waals surface area contributed by atoms with E-state index >= 15 is 0 Å². The highest BCUT2D eigenvalue weighted by Gasteiger charge is 2.25. The Kier molecular flexibility index (Phi) is 7.48. The second-order valence-corrected chi connectivity index (χ2v) is 7.80. The normalized spacial score (nSPS) is 21.4. The maximum atomic E-state index is 6.45. The van der Waals surface area contributed by atoms with Gasteiger partial charge in [0.15, 0.2) is 0 Å². The summed E-state index contributed by atoms with van der Waals surface area (Å²) in [5, 5.41) is 4.32. The first-order valence-corrected chi connectivity index (χ1v) is 10.0. The molecule has 2 aromatic rings. The van der Waals surface area contributed by atoms with E-state index < -0.39 is 0 Å². The van der Waals surface area contributed by atoms with Gasteiger partial charge in [-0.15, -0.1) is 12.4 Å². The van der Waals surface area contributed by atoms with Gasteiger partial charge in [-0.3, -0.25) is 4.90 Å². The fourth-order valence-electron chi connectivity index (χ4n) is 3.82. The van der Waals surface area contributed by atoms with Gasteiger partial charge in [-0.2, -0.15) is 0 Å². The third-order valence-corrected chi connectivity index (χ3v) is 5.83. The predicted octanol–water partition coefficient (Wildman–Crippen LogP) is 2.45. The molecule has 0 bridgehead atoms. The first-order chi connectivity index (χ1) is 13.2. The molecule has 1 aromatic carbocycles. The lowest BCUT2D eigenvalue weighted by molar-refractivity contribution is 0.153. The second-order valence-electron chi connectivity index (χ2n) is 7.39. The van der Waals surface area contributed by atoms with Crippen molar-refractivity contribution >= 4 is 30.0 Å². The fraction of sp³-hybridized carbons (Fsp3) is 0.500. The highest BCUT2D eigenvalue weighted by molar-refractivity contribution is 6.31. The number of hydrogen-bond acceptors (Lipinski definition) is 6. The fourth-order valence-corrected chi connectivity index (χ4v) is 4.08. The third kappa shape index (κ3) is 4.93. The number of halogens is 2. The molecule has 152 valence electrons. The molecule has 2 aliphatic heterocycles. The molecular formula is C20H28Cl2N6. The number of aromatic nitrogens is 2. The smallest absolute Gasteiger partial charge is 0.225 e. The molecule has 1 unspecified atom stereocenters. The topological polar surface area (TPSA) is 47.5 Å². The van der Waals surface area contributed by atoms with Gasteiger partial charge in [-0.1, -0.05) is 29.8 Å². The van der Waals surface area contributed by atoms with E-state index in [4.69, 9.17) is 11.6 Å². The van der Waals surface area contributed by atoms with Gasteiger partial charge in [0.05, 0.1) is 0 Å². The Morgan fingerprint density at radius 2 is 1.79 bits per heavy atom. The molecule has 1 aromatic heterocycles. The van der Waals surface area contributed by atoms with Crippen molar-refractivity contribution in [3.05, 3.63) is 52.8 Å². The van der Waals surface area contributed by atoms with Gasteiger partial charge >= 0.3 is 0 Å². The molecule has 6 nitrogen and oxygen atoms in total. The average molecular weight is 423 g/mol. The van der Waals surface area contributed by atoms with Crippen molar-refractivity contribution < 1.29 is 0 Å². The summed E-state index contributed by atoms with van der Waals surface area (Å²) in [7, 11) is 2.16. The average Bonchev–Trinajstić information content (AvgIpc) is 2.70. The molecular weight excluding hydrogens is 395 g/mol. The molecule has 0 radical (unpaired) electrons. The van der Waals surface area contributed by atoms with Gasteiger partial charge in [0.25, 0.3) is 0 Å². The summed E-state index contributed by atoms with van der Waals surface area (Å²) in [6.45, 7) is 7.81. The summed E-state index contributed by atoms with van der Waals surface area (Å²) in [6.07, 6.45) is 3.96. The van der Waals surface area contributed by atoms with Crippen LogP contribution < -0.4 is 10.2 Å². The van der Waals surface area contributed by atoms with E-state index in [-0.39, 0.29) is 18.4 Å². The Morgan fingerprint density at radius 3 is 2.50 bits per heavy atom. The monoisotopic (exact) mass is 422 g/mol. The van der Waals surface area contributed by atoms with E-state index in [2.05, 4.69) is 49.2 Å². The number of likely N-dealkylation sites (N-methyl/N-ethyl adjacent to an activating group) is 1. The minimum atomic E-state index is 0. The molecule has 0 saturated carbocycles. The number of rotatable bonds is 4. The minimum Gasteiger partial charge on any atom is -0.338 e. The number of nitrogens with one attached hydrogen (secondary N) is 1. The zero-order chi connectivity index (χ0) is 18.6. The van der Waals surface area contributed by atoms with Crippen molar-refractivity contribution in [2.24, 2.45) is 0 Å². The van der Waals surface area contributed by atoms with E-state index in [9.17, 15) is 0 Å². The van der Waals surface area contributed by atoms with E-state index in [0.717, 1.165) is 68.9 Å². The van der Waals surface area contributed by atoms with Gasteiger partial charge in [0, 0.05) is 81.4 Å². The van der Waals surface area contributed by atoms with Crippen LogP contribution in [0.4, 0.5) is 5.95 Å². The molecule has 8 heteroatoms. The van der Waals surface area contributed by atoms with Crippen molar-refractivity contribution in [2.45, 2.75) is 12.6 Å². The molecule has 2 saturated heterocycles. The van der Waals surface area contributed by atoms with Crippen LogP contribution in [0.5, 0.6) is 0 Å². The molecule has 1 N–H and O–H groups in total. The summed E-state index contributed by atoms with van der Waals surface area (Å²) in [5.41, 5.74) is 2.33. The van der Waals surface area contributed by atoms with Crippen LogP contribution in [0.2, 0.25) is 5.02 Å². The maximum absolute atomic E-state index is 6.45. The summed E-state index contributed by atoms with van der Waals surface area (Å²) < 4.78 is 0. The van der Waals surface area contributed by atoms with Crippen LogP contribution in [0.25, 0.3) is 0 Å². The second kappa shape index (κ2) is 9.85. The molecule has 28 heavy (non-hydrogen) atoms. The first-order valence-electron chi connectivity index (χ1n) is 9.64. The van der Waals surface area contributed by atoms with Crippen LogP contribution in [0.3, 0.4) is 0 Å². The highest BCUT2D eigenvalue weighted by Crippen LogP contribution is 2.29. The number of nitrogens with zero attached hydrogens (tertiary/aromatic N) is 5. The number of anilines is 1. The summed E-state index contributed by atoms with van der Waals surface area (Å²) in [4.78, 5) is 16.3. The largest absolute Gasteiger partial charge is 0.338 e. The van der Waals surface area contributed by atoms with Crippen molar-refractivity contribution in [2.75, 3.05) is 57.8 Å². The van der Waals surface area contributed by atoms with Crippen molar-refractivity contribution in [3.8, 4) is 0 Å². The number of benzene rings is 1. The molecule has 2 fully saturated rings. The van der Waals surface area contributed by atoms with E-state index in [1.807, 2.05) is 24.5 Å². The van der Waals surface area contributed by atoms with Crippen LogP contribution in [-0.2, 0) is 6.54 Å². The Hall–Kier alpha value is -1.44. The molecule has 3 heterocycles. The van der Waals surface area contributed by atoms with Crippen LogP contribution in [0, 0.1) is 0 Å². The Labute approximate surface area is 178 Å². The van der Waals surface area contributed by atoms with Crippen LogP contribution in [-0.4, -0.2) is 72.6 Å². The Bertz CT molecular complexity index is 749. The zero-order valence-electron chi connectivity index (χ0n) is 16.2. The SMILES string of the molecule is CN1CCN(c2ncc(CN3CCNCC3c3ccccc3Cl)cn2)CC1.Cl. The van der Waals surface area contributed by atoms with Crippen molar-refractivity contribution in [3.63, 3.8) is 0 Å². The lowest BCUT2D eigenvalue weighted by Crippen LogP contribution is -2.46. The standard InChI is InChI=1S/C20H27ClN6.ClH/c1-25-8-10-26(11-9-25)20-23-12-16(13-24-20)15-27-7-6-22-14-19(27)17-4-2-3-5-18(17)21;/h2-5,12-13,19,22H,6-11,14-15H2,1H3;1H. The van der Waals surface area contributed by atoms with Gasteiger partial charge < -0.3 is 15.1 Å². The molecule has 4 rings (SSSR count). The van der Waals surface area contributed by atoms with Crippen LogP contribution in [0.15, 0.2) is 36.7 Å². The summed E-state index contributed by atoms with van der Waals surface area (Å²) >= 11 is 6.45. The lowest BCUT2D eigenvalue weighted by atomic mass is 10.0. The van der Waals surface area contributed by atoms with E-state index in [1.54, 1.807) is 0 Å². The van der Waals surface area contributed by atoms with Gasteiger partial charge in [0.2, 0.25) is 5.95 Å².